The molecule has 0 atom stereocenters. The molecule has 31 heavy (non-hydrogen) atoms. The largest absolute Gasteiger partial charge is 0.469 e. The minimum atomic E-state index is -0.664. The van der Waals surface area contributed by atoms with Crippen LogP contribution in [0.1, 0.15) is 16.7 Å². The number of benzene rings is 2. The third-order valence-electron chi connectivity index (χ3n) is 4.36. The van der Waals surface area contributed by atoms with E-state index in [1.807, 2.05) is 12.1 Å². The van der Waals surface area contributed by atoms with Crippen molar-refractivity contribution in [3.05, 3.63) is 80.7 Å². The Morgan fingerprint density at radius 3 is 2.55 bits per heavy atom. The van der Waals surface area contributed by atoms with Crippen molar-refractivity contribution in [2.24, 2.45) is 0 Å². The summed E-state index contributed by atoms with van der Waals surface area (Å²) in [5.74, 6) is 0.579. The molecule has 0 aliphatic rings. The Morgan fingerprint density at radius 1 is 1.13 bits per heavy atom. The van der Waals surface area contributed by atoms with Gasteiger partial charge in [-0.05, 0) is 35.9 Å². The summed E-state index contributed by atoms with van der Waals surface area (Å²) in [4.78, 5) is 29.7. The van der Waals surface area contributed by atoms with Crippen LogP contribution in [0.25, 0.3) is 0 Å². The maximum Gasteiger partial charge on any atom is 0.310 e. The molecular formula is C22H20ClFN2O5. The monoisotopic (exact) mass is 446 g/mol. The van der Waals surface area contributed by atoms with Crippen LogP contribution in [0, 0.1) is 0 Å². The summed E-state index contributed by atoms with van der Waals surface area (Å²) in [6.45, 7) is -0.375. The summed E-state index contributed by atoms with van der Waals surface area (Å²) in [6.07, 6.45) is 1.80. The van der Waals surface area contributed by atoms with Crippen LogP contribution in [-0.4, -0.2) is 29.7 Å². The number of rotatable bonds is 9. The molecular weight excluding hydrogens is 427 g/mol. The molecule has 0 unspecified atom stereocenters. The van der Waals surface area contributed by atoms with Gasteiger partial charge in [0, 0.05) is 28.8 Å². The van der Waals surface area contributed by atoms with E-state index in [1.165, 1.54) is 13.3 Å². The van der Waals surface area contributed by atoms with Crippen molar-refractivity contribution in [1.82, 2.24) is 9.97 Å². The normalized spacial score (nSPS) is 10.5. The molecule has 0 saturated heterocycles. The number of H-pyrrole nitrogens is 1. The highest BCUT2D eigenvalue weighted by Crippen LogP contribution is 2.27. The topological polar surface area (TPSA) is 90.5 Å². The number of aromatic amines is 1. The van der Waals surface area contributed by atoms with E-state index in [2.05, 4.69) is 14.7 Å². The maximum atomic E-state index is 12.9. The van der Waals surface area contributed by atoms with Gasteiger partial charge in [-0.1, -0.05) is 23.7 Å². The number of alkyl halides is 1. The second-order valence-electron chi connectivity index (χ2n) is 6.52. The van der Waals surface area contributed by atoms with Crippen molar-refractivity contribution in [2.45, 2.75) is 19.5 Å². The average Bonchev–Trinajstić information content (AvgIpc) is 2.78. The number of halogens is 2. The van der Waals surface area contributed by atoms with Gasteiger partial charge in [-0.15, -0.1) is 0 Å². The molecule has 0 radical (unpaired) electrons. The third kappa shape index (κ3) is 6.29. The van der Waals surface area contributed by atoms with Crippen LogP contribution in [0.15, 0.2) is 53.5 Å². The van der Waals surface area contributed by atoms with Gasteiger partial charge in [-0.25, -0.2) is 4.39 Å². The molecule has 1 N–H and O–H groups in total. The standard InChI is InChI=1S/C22H20ClFN2O5/c1-29-20(27)11-16-13-25-22(26-21(16)28)30-9-8-14-2-4-17(5-3-14)31-18-6-7-19(23)15(10-18)12-24/h2-7,10,13H,8-9,11-12H2,1H3,(H,25,26,28). The highest BCUT2D eigenvalue weighted by atomic mass is 35.5. The van der Waals surface area contributed by atoms with E-state index >= 15 is 0 Å². The molecule has 0 amide bonds. The number of hydrogen-bond acceptors (Lipinski definition) is 6. The van der Waals surface area contributed by atoms with Crippen molar-refractivity contribution >= 4 is 17.6 Å². The number of nitrogens with zero attached hydrogens (tertiary/aromatic N) is 1. The fourth-order valence-corrected chi connectivity index (χ4v) is 2.85. The number of hydrogen-bond donors (Lipinski definition) is 1. The highest BCUT2D eigenvalue weighted by Gasteiger charge is 2.09. The van der Waals surface area contributed by atoms with Crippen LogP contribution in [0.4, 0.5) is 4.39 Å². The molecule has 0 aliphatic heterocycles. The highest BCUT2D eigenvalue weighted by molar-refractivity contribution is 6.31. The van der Waals surface area contributed by atoms with Gasteiger partial charge in [0.1, 0.15) is 18.2 Å². The molecule has 162 valence electrons. The van der Waals surface area contributed by atoms with E-state index < -0.39 is 18.2 Å². The number of nitrogens with one attached hydrogen (secondary N) is 1. The second kappa shape index (κ2) is 10.6. The van der Waals surface area contributed by atoms with Crippen LogP contribution in [0.3, 0.4) is 0 Å². The van der Waals surface area contributed by atoms with E-state index in [4.69, 9.17) is 21.1 Å². The van der Waals surface area contributed by atoms with Crippen LogP contribution in [-0.2, 0) is 29.0 Å². The molecule has 3 rings (SSSR count). The Morgan fingerprint density at radius 2 is 1.87 bits per heavy atom. The third-order valence-corrected chi connectivity index (χ3v) is 4.73. The zero-order chi connectivity index (χ0) is 22.2. The Kier molecular flexibility index (Phi) is 7.61. The van der Waals surface area contributed by atoms with Gasteiger partial charge in [-0.2, -0.15) is 4.98 Å². The lowest BCUT2D eigenvalue weighted by atomic mass is 10.1. The van der Waals surface area contributed by atoms with Gasteiger partial charge in [-0.3, -0.25) is 9.59 Å². The first-order valence-electron chi connectivity index (χ1n) is 9.38. The van der Waals surface area contributed by atoms with Crippen LogP contribution in [0.2, 0.25) is 5.02 Å². The van der Waals surface area contributed by atoms with Crippen molar-refractivity contribution in [3.8, 4) is 17.5 Å². The molecule has 0 bridgehead atoms. The molecule has 1 heterocycles. The van der Waals surface area contributed by atoms with Gasteiger partial charge in [0.15, 0.2) is 0 Å². The van der Waals surface area contributed by atoms with E-state index in [0.29, 0.717) is 28.5 Å². The van der Waals surface area contributed by atoms with E-state index in [-0.39, 0.29) is 24.6 Å². The quantitative estimate of drug-likeness (QED) is 0.499. The van der Waals surface area contributed by atoms with Gasteiger partial charge >= 0.3 is 5.97 Å². The molecule has 0 aliphatic carbocycles. The smallest absolute Gasteiger partial charge is 0.310 e. The van der Waals surface area contributed by atoms with E-state index in [1.54, 1.807) is 30.3 Å². The van der Waals surface area contributed by atoms with Crippen LogP contribution >= 0.6 is 11.6 Å². The predicted octanol–water partition coefficient (Wildman–Crippen LogP) is 4.02. The summed E-state index contributed by atoms with van der Waals surface area (Å²) in [5, 5.41) is 0.360. The molecule has 7 nitrogen and oxygen atoms in total. The zero-order valence-corrected chi connectivity index (χ0v) is 17.4. The van der Waals surface area contributed by atoms with Crippen molar-refractivity contribution in [1.29, 1.82) is 0 Å². The van der Waals surface area contributed by atoms with Gasteiger partial charge in [0.05, 0.1) is 20.1 Å². The average molecular weight is 447 g/mol. The molecule has 2 aromatic carbocycles. The van der Waals surface area contributed by atoms with Gasteiger partial charge in [0.25, 0.3) is 11.6 Å². The number of ether oxygens (including phenoxy) is 3. The first-order valence-corrected chi connectivity index (χ1v) is 9.75. The summed E-state index contributed by atoms with van der Waals surface area (Å²) >= 11 is 5.91. The predicted molar refractivity (Wildman–Crippen MR) is 113 cm³/mol. The minimum Gasteiger partial charge on any atom is -0.469 e. The number of aromatic nitrogens is 2. The Hall–Kier alpha value is -3.39. The first kappa shape index (κ1) is 22.3. The van der Waals surface area contributed by atoms with Crippen LogP contribution in [0.5, 0.6) is 17.5 Å². The fraction of sp³-hybridized carbons (Fsp3) is 0.227. The number of methoxy groups -OCH3 is 1. The summed E-state index contributed by atoms with van der Waals surface area (Å²) in [6, 6.07) is 12.2. The number of carbonyl (C=O) groups is 1. The molecule has 0 saturated carbocycles. The lowest BCUT2D eigenvalue weighted by Crippen LogP contribution is -2.19. The zero-order valence-electron chi connectivity index (χ0n) is 16.7. The molecule has 9 heteroatoms. The Balaban J connectivity index is 1.52. The summed E-state index contributed by atoms with van der Waals surface area (Å²) < 4.78 is 28.6. The van der Waals surface area contributed by atoms with Gasteiger partial charge in [0.2, 0.25) is 0 Å². The first-order chi connectivity index (χ1) is 15.0. The summed E-state index contributed by atoms with van der Waals surface area (Å²) in [7, 11) is 1.25. The number of carbonyl (C=O) groups excluding carboxylic acids is 1. The van der Waals surface area contributed by atoms with Crippen molar-refractivity contribution in [3.63, 3.8) is 0 Å². The van der Waals surface area contributed by atoms with Gasteiger partial charge < -0.3 is 19.2 Å². The minimum absolute atomic E-state index is 0.0741. The maximum absolute atomic E-state index is 12.9. The summed E-state index contributed by atoms with van der Waals surface area (Å²) in [5.41, 5.74) is 1.02. The Labute approximate surface area is 182 Å². The molecule has 0 spiro atoms. The second-order valence-corrected chi connectivity index (χ2v) is 6.93. The Bertz CT molecular complexity index is 1100. The van der Waals surface area contributed by atoms with Crippen molar-refractivity contribution < 1.29 is 23.4 Å². The lowest BCUT2D eigenvalue weighted by Gasteiger charge is -2.09. The molecule has 1 aromatic heterocycles. The van der Waals surface area contributed by atoms with Crippen LogP contribution < -0.4 is 15.0 Å². The lowest BCUT2D eigenvalue weighted by molar-refractivity contribution is -0.139. The van der Waals surface area contributed by atoms with Crippen molar-refractivity contribution in [2.75, 3.05) is 13.7 Å². The molecule has 3 aromatic rings. The SMILES string of the molecule is COC(=O)Cc1c[nH]c(OCCc2ccc(Oc3ccc(Cl)c(CF)c3)cc2)nc1=O. The van der Waals surface area contributed by atoms with E-state index in [0.717, 1.165) is 5.56 Å². The fourth-order valence-electron chi connectivity index (χ4n) is 2.68. The molecule has 0 fully saturated rings. The number of esters is 1. The van der Waals surface area contributed by atoms with E-state index in [9.17, 15) is 14.0 Å².